The summed E-state index contributed by atoms with van der Waals surface area (Å²) in [5.41, 5.74) is 5.53. The van der Waals surface area contributed by atoms with Gasteiger partial charge >= 0.3 is 0 Å². The minimum atomic E-state index is -0.762. The number of pyridine rings is 1. The molecule has 1 aromatic rings. The number of nitrogen functional groups attached to an aromatic ring is 1. The Balaban J connectivity index is 0.000000500. The van der Waals surface area contributed by atoms with E-state index in [1.807, 2.05) is 0 Å². The number of halogens is 3. The van der Waals surface area contributed by atoms with Gasteiger partial charge in [0.25, 0.3) is 6.47 Å². The minimum Gasteiger partial charge on any atom is -0.483 e. The average Bonchev–Trinajstić information content (AvgIpc) is 2.13. The van der Waals surface area contributed by atoms with E-state index < -0.39 is 5.82 Å². The van der Waals surface area contributed by atoms with Gasteiger partial charge in [0.15, 0.2) is 11.0 Å². The van der Waals surface area contributed by atoms with Gasteiger partial charge in [-0.3, -0.25) is 4.79 Å². The number of rotatable bonds is 0. The summed E-state index contributed by atoms with van der Waals surface area (Å²) in [5.74, 6) is -0.762. The molecular weight excluding hydrogens is 234 g/mol. The molecule has 0 aliphatic carbocycles. The molecule has 78 valence electrons. The fourth-order valence-corrected chi connectivity index (χ4v) is 1.00. The topological polar surface area (TPSA) is 76.2 Å². The highest BCUT2D eigenvalue weighted by Crippen LogP contribution is 2.28. The average molecular weight is 241 g/mol. The quantitative estimate of drug-likeness (QED) is 0.538. The Hall–Kier alpha value is -1.07. The molecule has 14 heavy (non-hydrogen) atoms. The van der Waals surface area contributed by atoms with Gasteiger partial charge in [-0.05, 0) is 6.92 Å². The van der Waals surface area contributed by atoms with Crippen molar-refractivity contribution in [2.24, 2.45) is 0 Å². The van der Waals surface area contributed by atoms with Crippen molar-refractivity contribution in [2.75, 3.05) is 5.73 Å². The lowest BCUT2D eigenvalue weighted by Crippen LogP contribution is -1.97. The zero-order chi connectivity index (χ0) is 11.3. The van der Waals surface area contributed by atoms with Gasteiger partial charge in [0.2, 0.25) is 0 Å². The third-order valence-corrected chi connectivity index (χ3v) is 1.97. The van der Waals surface area contributed by atoms with Crippen LogP contribution in [-0.2, 0) is 4.79 Å². The van der Waals surface area contributed by atoms with Gasteiger partial charge in [0.05, 0.1) is 16.4 Å². The van der Waals surface area contributed by atoms with Crippen LogP contribution in [0.15, 0.2) is 0 Å². The lowest BCUT2D eigenvalue weighted by Gasteiger charge is -2.03. The molecule has 3 N–H and O–H groups in total. The molecule has 0 radical (unpaired) electrons. The molecule has 0 aliphatic heterocycles. The number of hydrogen-bond donors (Lipinski definition) is 2. The Labute approximate surface area is 89.5 Å². The number of carbonyl (C=O) groups is 1. The van der Waals surface area contributed by atoms with Crippen LogP contribution in [0.5, 0.6) is 0 Å². The van der Waals surface area contributed by atoms with Crippen molar-refractivity contribution in [1.82, 2.24) is 4.98 Å². The molecule has 0 aliphatic rings. The zero-order valence-electron chi connectivity index (χ0n) is 7.09. The lowest BCUT2D eigenvalue weighted by atomic mass is 10.3. The highest BCUT2D eigenvalue weighted by Gasteiger charge is 2.11. The first-order chi connectivity index (χ1) is 6.45. The predicted molar refractivity (Wildman–Crippen MR) is 52.1 cm³/mol. The van der Waals surface area contributed by atoms with E-state index >= 15 is 0 Å². The smallest absolute Gasteiger partial charge is 0.290 e. The van der Waals surface area contributed by atoms with Gasteiger partial charge < -0.3 is 10.8 Å². The summed E-state index contributed by atoms with van der Waals surface area (Å²) < 4.78 is 12.8. The molecule has 0 spiro atoms. The lowest BCUT2D eigenvalue weighted by molar-refractivity contribution is -0.122. The molecule has 0 aromatic carbocycles. The van der Waals surface area contributed by atoms with Crippen molar-refractivity contribution < 1.29 is 14.3 Å². The Morgan fingerprint density at radius 2 is 2.00 bits per heavy atom. The highest BCUT2D eigenvalue weighted by atomic mass is 35.5. The standard InChI is InChI=1S/C6H5Cl2FN2.CH2O2/c1-2-3(7)5(10)4(9)6(8)11-2;2-1-3/h1H3,(H2,10,11);1H,(H,2,3). The summed E-state index contributed by atoms with van der Waals surface area (Å²) in [7, 11) is 0. The number of nitrogens with zero attached hydrogens (tertiary/aromatic N) is 1. The second kappa shape index (κ2) is 5.62. The predicted octanol–water partition coefficient (Wildman–Crippen LogP) is 2.12. The summed E-state index contributed by atoms with van der Waals surface area (Å²) >= 11 is 10.9. The molecule has 1 aromatic heterocycles. The fraction of sp³-hybridized carbons (Fsp3) is 0.143. The Kier molecular flexibility index (Phi) is 5.19. The van der Waals surface area contributed by atoms with Crippen molar-refractivity contribution in [1.29, 1.82) is 0 Å². The van der Waals surface area contributed by atoms with Crippen LogP contribution >= 0.6 is 23.2 Å². The second-order valence-corrected chi connectivity index (χ2v) is 2.87. The normalized spacial score (nSPS) is 8.86. The first kappa shape index (κ1) is 12.9. The van der Waals surface area contributed by atoms with Gasteiger partial charge in [0, 0.05) is 0 Å². The molecule has 7 heteroatoms. The van der Waals surface area contributed by atoms with E-state index in [0.717, 1.165) is 0 Å². The van der Waals surface area contributed by atoms with Gasteiger partial charge in [0.1, 0.15) is 0 Å². The van der Waals surface area contributed by atoms with Crippen molar-refractivity contribution >= 4 is 35.4 Å². The van der Waals surface area contributed by atoms with Crippen molar-refractivity contribution in [3.05, 3.63) is 21.7 Å². The van der Waals surface area contributed by atoms with E-state index in [1.165, 1.54) is 0 Å². The highest BCUT2D eigenvalue weighted by molar-refractivity contribution is 6.35. The van der Waals surface area contributed by atoms with E-state index in [2.05, 4.69) is 4.98 Å². The fourth-order valence-electron chi connectivity index (χ4n) is 0.648. The number of aromatic nitrogens is 1. The summed E-state index contributed by atoms with van der Waals surface area (Å²) in [4.78, 5) is 12.0. The second-order valence-electron chi connectivity index (χ2n) is 2.14. The van der Waals surface area contributed by atoms with Gasteiger partial charge in [-0.25, -0.2) is 9.37 Å². The zero-order valence-corrected chi connectivity index (χ0v) is 8.60. The molecule has 0 saturated heterocycles. The molecule has 0 bridgehead atoms. The van der Waals surface area contributed by atoms with Crippen LogP contribution in [-0.4, -0.2) is 16.6 Å². The largest absolute Gasteiger partial charge is 0.483 e. The Bertz CT molecular complexity index is 321. The van der Waals surface area contributed by atoms with Crippen molar-refractivity contribution in [3.63, 3.8) is 0 Å². The van der Waals surface area contributed by atoms with E-state index in [-0.39, 0.29) is 22.3 Å². The summed E-state index contributed by atoms with van der Waals surface area (Å²) in [6, 6.07) is 0. The first-order valence-electron chi connectivity index (χ1n) is 3.30. The van der Waals surface area contributed by atoms with Crippen LogP contribution in [0.3, 0.4) is 0 Å². The van der Waals surface area contributed by atoms with E-state index in [1.54, 1.807) is 6.92 Å². The number of carboxylic acid groups (broad SMARTS) is 1. The summed E-state index contributed by atoms with van der Waals surface area (Å²) in [6.07, 6.45) is 0. The summed E-state index contributed by atoms with van der Waals surface area (Å²) in [6.45, 7) is 1.35. The van der Waals surface area contributed by atoms with Crippen LogP contribution < -0.4 is 5.73 Å². The first-order valence-corrected chi connectivity index (χ1v) is 4.05. The van der Waals surface area contributed by atoms with Crippen LogP contribution in [0.1, 0.15) is 5.69 Å². The van der Waals surface area contributed by atoms with Crippen LogP contribution in [0.4, 0.5) is 10.1 Å². The summed E-state index contributed by atoms with van der Waals surface area (Å²) in [5, 5.41) is 6.76. The Morgan fingerprint density at radius 1 is 1.57 bits per heavy atom. The molecule has 1 rings (SSSR count). The SMILES string of the molecule is Cc1nc(Cl)c(F)c(N)c1Cl.O=CO. The molecule has 4 nitrogen and oxygen atoms in total. The van der Waals surface area contributed by atoms with Crippen molar-refractivity contribution in [3.8, 4) is 0 Å². The van der Waals surface area contributed by atoms with Crippen LogP contribution in [0.2, 0.25) is 10.2 Å². The number of nitrogens with two attached hydrogens (primary N) is 1. The van der Waals surface area contributed by atoms with Gasteiger partial charge in [-0.1, -0.05) is 23.2 Å². The molecular formula is C7H7Cl2FN2O2. The molecule has 0 atom stereocenters. The molecule has 0 unspecified atom stereocenters. The van der Waals surface area contributed by atoms with Gasteiger partial charge in [-0.15, -0.1) is 0 Å². The monoisotopic (exact) mass is 240 g/mol. The van der Waals surface area contributed by atoms with Crippen molar-refractivity contribution in [2.45, 2.75) is 6.92 Å². The van der Waals surface area contributed by atoms with E-state index in [0.29, 0.717) is 5.69 Å². The molecule has 0 amide bonds. The molecule has 0 fully saturated rings. The van der Waals surface area contributed by atoms with E-state index in [4.69, 9.17) is 38.8 Å². The van der Waals surface area contributed by atoms with Crippen LogP contribution in [0, 0.1) is 12.7 Å². The van der Waals surface area contributed by atoms with Crippen LogP contribution in [0.25, 0.3) is 0 Å². The van der Waals surface area contributed by atoms with E-state index in [9.17, 15) is 4.39 Å². The minimum absolute atomic E-state index is 0.118. The molecule has 0 saturated carbocycles. The number of hydrogen-bond acceptors (Lipinski definition) is 3. The maximum atomic E-state index is 12.8. The third-order valence-electron chi connectivity index (χ3n) is 1.24. The maximum Gasteiger partial charge on any atom is 0.290 e. The maximum absolute atomic E-state index is 12.8. The Morgan fingerprint density at radius 3 is 2.43 bits per heavy atom. The number of aryl methyl sites for hydroxylation is 1. The third kappa shape index (κ3) is 3.01. The number of anilines is 1. The van der Waals surface area contributed by atoms with Gasteiger partial charge in [-0.2, -0.15) is 0 Å². The molecule has 1 heterocycles.